The van der Waals surface area contributed by atoms with Gasteiger partial charge in [0.05, 0.1) is 23.4 Å². The molecule has 3 rings (SSSR count). The van der Waals surface area contributed by atoms with Gasteiger partial charge in [-0.25, -0.2) is 9.78 Å². The number of benzene rings is 1. The third-order valence-electron chi connectivity index (χ3n) is 4.46. The van der Waals surface area contributed by atoms with Crippen molar-refractivity contribution in [2.75, 3.05) is 30.4 Å². The van der Waals surface area contributed by atoms with Gasteiger partial charge in [0.15, 0.2) is 0 Å². The van der Waals surface area contributed by atoms with Crippen molar-refractivity contribution in [3.8, 4) is 0 Å². The van der Waals surface area contributed by atoms with Gasteiger partial charge in [-0.05, 0) is 43.9 Å². The van der Waals surface area contributed by atoms with E-state index < -0.39 is 5.97 Å². The molecule has 1 aromatic heterocycles. The lowest BCUT2D eigenvalue weighted by molar-refractivity contribution is 0.0601. The van der Waals surface area contributed by atoms with Crippen LogP contribution in [-0.2, 0) is 4.74 Å². The summed E-state index contributed by atoms with van der Waals surface area (Å²) in [5.74, 6) is 1.61. The molecule has 7 heteroatoms. The zero-order chi connectivity index (χ0) is 18.7. The molecule has 0 aliphatic carbocycles. The lowest BCUT2D eigenvalue weighted by Gasteiger charge is -2.32. The summed E-state index contributed by atoms with van der Waals surface area (Å²) < 4.78 is 4.76. The van der Waals surface area contributed by atoms with Crippen LogP contribution in [0.1, 0.15) is 35.8 Å². The molecule has 138 valence electrons. The first-order valence-electron chi connectivity index (χ1n) is 8.72. The Morgan fingerprint density at radius 1 is 1.35 bits per heavy atom. The Bertz CT molecular complexity index is 812. The second kappa shape index (κ2) is 7.91. The number of carbonyl (C=O) groups excluding carboxylic acids is 1. The number of nitrogens with one attached hydrogen (secondary N) is 1. The van der Waals surface area contributed by atoms with E-state index in [9.17, 15) is 4.79 Å². The molecule has 6 nitrogen and oxygen atoms in total. The monoisotopic (exact) mass is 374 g/mol. The quantitative estimate of drug-likeness (QED) is 0.809. The fourth-order valence-corrected chi connectivity index (χ4v) is 3.32. The lowest BCUT2D eigenvalue weighted by Crippen LogP contribution is -2.35. The third kappa shape index (κ3) is 4.25. The van der Waals surface area contributed by atoms with Crippen LogP contribution in [0.4, 0.5) is 17.5 Å². The van der Waals surface area contributed by atoms with E-state index in [-0.39, 0.29) is 0 Å². The van der Waals surface area contributed by atoms with Gasteiger partial charge >= 0.3 is 5.97 Å². The van der Waals surface area contributed by atoms with Crippen LogP contribution in [0.15, 0.2) is 24.3 Å². The molecule has 0 saturated carbocycles. The van der Waals surface area contributed by atoms with Crippen LogP contribution in [-0.4, -0.2) is 36.1 Å². The Hall–Kier alpha value is -2.34. The second-order valence-corrected chi connectivity index (χ2v) is 7.10. The molecule has 0 amide bonds. The van der Waals surface area contributed by atoms with E-state index in [0.717, 1.165) is 24.6 Å². The van der Waals surface area contributed by atoms with Gasteiger partial charge in [-0.1, -0.05) is 18.5 Å². The minimum Gasteiger partial charge on any atom is -0.465 e. The Kier molecular flexibility index (Phi) is 5.61. The molecule has 26 heavy (non-hydrogen) atoms. The molecule has 2 heterocycles. The molecular formula is C19H23ClN4O2. The van der Waals surface area contributed by atoms with Crippen molar-refractivity contribution in [2.24, 2.45) is 5.92 Å². The zero-order valence-electron chi connectivity index (χ0n) is 15.3. The van der Waals surface area contributed by atoms with Crippen LogP contribution in [0, 0.1) is 12.8 Å². The first-order valence-corrected chi connectivity index (χ1v) is 9.09. The highest BCUT2D eigenvalue weighted by Gasteiger charge is 2.19. The minimum atomic E-state index is -0.419. The van der Waals surface area contributed by atoms with Gasteiger partial charge < -0.3 is 15.0 Å². The van der Waals surface area contributed by atoms with Crippen LogP contribution in [0.3, 0.4) is 0 Å². The summed E-state index contributed by atoms with van der Waals surface area (Å²) in [5, 5.41) is 3.62. The molecule has 1 unspecified atom stereocenters. The van der Waals surface area contributed by atoms with Crippen molar-refractivity contribution in [3.63, 3.8) is 0 Å². The van der Waals surface area contributed by atoms with E-state index in [0.29, 0.717) is 28.1 Å². The summed E-state index contributed by atoms with van der Waals surface area (Å²) in [5.41, 5.74) is 1.85. The number of aromatic nitrogens is 2. The van der Waals surface area contributed by atoms with Gasteiger partial charge in [-0.15, -0.1) is 0 Å². The highest BCUT2D eigenvalue weighted by atomic mass is 35.5. The summed E-state index contributed by atoms with van der Waals surface area (Å²) in [6.07, 6.45) is 2.42. The highest BCUT2D eigenvalue weighted by Crippen LogP contribution is 2.28. The van der Waals surface area contributed by atoms with Crippen LogP contribution in [0.2, 0.25) is 5.02 Å². The lowest BCUT2D eigenvalue weighted by atomic mass is 10.0. The van der Waals surface area contributed by atoms with E-state index in [1.54, 1.807) is 18.2 Å². The fraction of sp³-hybridized carbons (Fsp3) is 0.421. The number of methoxy groups -OCH3 is 1. The number of carbonyl (C=O) groups is 1. The van der Waals surface area contributed by atoms with Gasteiger partial charge in [0.1, 0.15) is 5.82 Å². The van der Waals surface area contributed by atoms with E-state index in [1.807, 2.05) is 13.0 Å². The molecule has 1 fully saturated rings. The number of esters is 1. The molecule has 0 radical (unpaired) electrons. The molecule has 1 atom stereocenters. The van der Waals surface area contributed by atoms with Crippen LogP contribution in [0.5, 0.6) is 0 Å². The maximum absolute atomic E-state index is 11.7. The number of hydrogen-bond donors (Lipinski definition) is 1. The van der Waals surface area contributed by atoms with Gasteiger partial charge in [-0.2, -0.15) is 4.98 Å². The Morgan fingerprint density at radius 2 is 2.15 bits per heavy atom. The molecule has 0 bridgehead atoms. The Morgan fingerprint density at radius 3 is 2.88 bits per heavy atom. The van der Waals surface area contributed by atoms with E-state index in [1.165, 1.54) is 20.0 Å². The molecule has 0 spiro atoms. The SMILES string of the molecule is COC(=O)c1ccc(Cl)c(Nc2nc(C)cc(N3CCCC(C)C3)n2)c1. The molecule has 2 aromatic rings. The fourth-order valence-electron chi connectivity index (χ4n) is 3.15. The van der Waals surface area contributed by atoms with Crippen molar-refractivity contribution in [3.05, 3.63) is 40.5 Å². The van der Waals surface area contributed by atoms with Crippen molar-refractivity contribution < 1.29 is 9.53 Å². The summed E-state index contributed by atoms with van der Waals surface area (Å²) in [7, 11) is 1.35. The molecule has 1 aliphatic rings. The average Bonchev–Trinajstić information content (AvgIpc) is 2.62. The standard InChI is InChI=1S/C19H23ClN4O2/c1-12-5-4-8-24(11-12)17-9-13(2)21-19(23-17)22-16-10-14(18(25)26-3)6-7-15(16)20/h6-7,9-10,12H,4-5,8,11H2,1-3H3,(H,21,22,23). The van der Waals surface area contributed by atoms with Crippen LogP contribution >= 0.6 is 11.6 Å². The number of piperidine rings is 1. The maximum atomic E-state index is 11.7. The van der Waals surface area contributed by atoms with Crippen LogP contribution in [0.25, 0.3) is 0 Å². The number of hydrogen-bond acceptors (Lipinski definition) is 6. The van der Waals surface area contributed by atoms with Gasteiger partial charge in [-0.3, -0.25) is 0 Å². The number of anilines is 3. The number of ether oxygens (including phenoxy) is 1. The summed E-state index contributed by atoms with van der Waals surface area (Å²) in [6, 6.07) is 6.91. The number of nitrogens with zero attached hydrogens (tertiary/aromatic N) is 3. The van der Waals surface area contributed by atoms with E-state index in [2.05, 4.69) is 27.1 Å². The normalized spacial score (nSPS) is 17.1. The first kappa shape index (κ1) is 18.5. The number of rotatable bonds is 4. The van der Waals surface area contributed by atoms with Crippen molar-refractivity contribution in [2.45, 2.75) is 26.7 Å². The van der Waals surface area contributed by atoms with E-state index >= 15 is 0 Å². The zero-order valence-corrected chi connectivity index (χ0v) is 16.0. The molecule has 1 saturated heterocycles. The van der Waals surface area contributed by atoms with Crippen molar-refractivity contribution >= 4 is 35.0 Å². The van der Waals surface area contributed by atoms with Crippen molar-refractivity contribution in [1.82, 2.24) is 9.97 Å². The predicted molar refractivity (Wildman–Crippen MR) is 103 cm³/mol. The largest absolute Gasteiger partial charge is 0.465 e. The minimum absolute atomic E-state index is 0.414. The topological polar surface area (TPSA) is 67.3 Å². The average molecular weight is 375 g/mol. The summed E-state index contributed by atoms with van der Waals surface area (Å²) >= 11 is 6.26. The van der Waals surface area contributed by atoms with Crippen molar-refractivity contribution in [1.29, 1.82) is 0 Å². The second-order valence-electron chi connectivity index (χ2n) is 6.70. The van der Waals surface area contributed by atoms with Gasteiger partial charge in [0.2, 0.25) is 5.95 Å². The summed E-state index contributed by atoms with van der Waals surface area (Å²) in [4.78, 5) is 23.1. The number of aryl methyl sites for hydroxylation is 1. The molecule has 1 aliphatic heterocycles. The van der Waals surface area contributed by atoms with Gasteiger partial charge in [0, 0.05) is 24.8 Å². The maximum Gasteiger partial charge on any atom is 0.337 e. The first-order chi connectivity index (χ1) is 12.5. The predicted octanol–water partition coefficient (Wildman–Crippen LogP) is 4.20. The Balaban J connectivity index is 1.87. The molecule has 1 N–H and O–H groups in total. The number of halogens is 1. The van der Waals surface area contributed by atoms with E-state index in [4.69, 9.17) is 16.3 Å². The van der Waals surface area contributed by atoms with Gasteiger partial charge in [0.25, 0.3) is 0 Å². The molecule has 1 aromatic carbocycles. The smallest absolute Gasteiger partial charge is 0.337 e. The Labute approximate surface area is 158 Å². The van der Waals surface area contributed by atoms with Crippen LogP contribution < -0.4 is 10.2 Å². The third-order valence-corrected chi connectivity index (χ3v) is 4.79. The summed E-state index contributed by atoms with van der Waals surface area (Å²) in [6.45, 7) is 6.20. The highest BCUT2D eigenvalue weighted by molar-refractivity contribution is 6.33. The molecular weight excluding hydrogens is 352 g/mol.